The molecule has 0 amide bonds. The van der Waals surface area contributed by atoms with E-state index in [1.165, 1.54) is 15.4 Å². The van der Waals surface area contributed by atoms with Crippen molar-refractivity contribution >= 4 is 57.7 Å². The molecule has 0 aliphatic carbocycles. The van der Waals surface area contributed by atoms with Gasteiger partial charge < -0.3 is 37.8 Å². The van der Waals surface area contributed by atoms with Gasteiger partial charge in [-0.1, -0.05) is 60.7 Å². The first-order chi connectivity index (χ1) is 29.2. The molecule has 0 aliphatic heterocycles. The molecular formula is C44H32N6O8S2. The van der Waals surface area contributed by atoms with Crippen LogP contribution in [0.25, 0.3) is 44.8 Å². The van der Waals surface area contributed by atoms with Crippen LogP contribution >= 0.6 is 24.4 Å². The Morgan fingerprint density at radius 1 is 0.567 bits per heavy atom. The SMILES string of the molecule is COc1cccc(C(Nc2ccc(NC(c3cccc(OC)c3)n3nc(-c4cc(=O)oc5ccccc45)oc3=S)cc2)n2nc(-c3cc4ccccc4oc3=O)oc2=S)c1. The number of ether oxygens (including phenoxy) is 2. The van der Waals surface area contributed by atoms with E-state index in [4.69, 9.17) is 56.7 Å². The molecule has 2 unspecified atom stereocenters. The summed E-state index contributed by atoms with van der Waals surface area (Å²) in [5.41, 5.74) is 3.16. The van der Waals surface area contributed by atoms with Crippen LogP contribution in [0.15, 0.2) is 161 Å². The standard InChI is InChI=1S/C44H32N6O8S2/c1-53-30-12-7-10-26(21-30)38(49-43(59)57-40(47-49)33-24-37(51)55-36-16-6-4-14-32(33)36)45-28-17-19-29(20-18-28)46-39(27-11-8-13-31(22-27)54-2)50-44(60)58-41(48-50)34-23-25-9-3-5-15-35(25)56-42(34)52/h3-24,38-39,45-46H,1-2H3. The molecule has 0 fully saturated rings. The van der Waals surface area contributed by atoms with Crippen molar-refractivity contribution in [3.8, 4) is 34.4 Å². The zero-order chi connectivity index (χ0) is 41.3. The molecule has 4 aromatic heterocycles. The second kappa shape index (κ2) is 16.0. The van der Waals surface area contributed by atoms with Gasteiger partial charge in [0.2, 0.25) is 5.89 Å². The molecule has 0 radical (unpaired) electrons. The smallest absolute Gasteiger partial charge is 0.349 e. The van der Waals surface area contributed by atoms with Gasteiger partial charge in [0.25, 0.3) is 15.6 Å². The molecule has 2 N–H and O–H groups in total. The molecule has 0 saturated carbocycles. The van der Waals surface area contributed by atoms with Crippen LogP contribution in [0, 0.1) is 9.67 Å². The minimum Gasteiger partial charge on any atom is -0.497 e. The van der Waals surface area contributed by atoms with E-state index in [2.05, 4.69) is 15.7 Å². The Labute approximate surface area is 349 Å². The third-order valence-corrected chi connectivity index (χ3v) is 10.2. The first-order valence-corrected chi connectivity index (χ1v) is 19.2. The fourth-order valence-electron chi connectivity index (χ4n) is 6.79. The lowest BCUT2D eigenvalue weighted by molar-refractivity contribution is 0.413. The van der Waals surface area contributed by atoms with Crippen LogP contribution in [0.5, 0.6) is 11.5 Å². The third-order valence-electron chi connectivity index (χ3n) is 9.69. The molecule has 16 heteroatoms. The van der Waals surface area contributed by atoms with Crippen molar-refractivity contribution in [2.24, 2.45) is 0 Å². The quantitative estimate of drug-likeness (QED) is 0.0883. The number of nitrogens with one attached hydrogen (secondary N) is 2. The molecule has 60 heavy (non-hydrogen) atoms. The van der Waals surface area contributed by atoms with Crippen LogP contribution in [0.4, 0.5) is 11.4 Å². The Morgan fingerprint density at radius 3 is 1.68 bits per heavy atom. The van der Waals surface area contributed by atoms with Crippen molar-refractivity contribution in [2.45, 2.75) is 12.3 Å². The lowest BCUT2D eigenvalue weighted by atomic mass is 10.1. The van der Waals surface area contributed by atoms with E-state index >= 15 is 0 Å². The van der Waals surface area contributed by atoms with Crippen LogP contribution in [0.3, 0.4) is 0 Å². The van der Waals surface area contributed by atoms with Gasteiger partial charge in [-0.25, -0.2) is 9.59 Å². The highest BCUT2D eigenvalue weighted by Gasteiger charge is 2.24. The van der Waals surface area contributed by atoms with E-state index in [0.717, 1.165) is 11.1 Å². The molecule has 298 valence electrons. The highest BCUT2D eigenvalue weighted by atomic mass is 32.1. The lowest BCUT2D eigenvalue weighted by Crippen LogP contribution is -2.22. The zero-order valence-electron chi connectivity index (χ0n) is 31.7. The van der Waals surface area contributed by atoms with Gasteiger partial charge in [-0.2, -0.15) is 9.36 Å². The zero-order valence-corrected chi connectivity index (χ0v) is 33.4. The Morgan fingerprint density at radius 2 is 1.10 bits per heavy atom. The van der Waals surface area contributed by atoms with Gasteiger partial charge >= 0.3 is 11.3 Å². The summed E-state index contributed by atoms with van der Waals surface area (Å²) in [4.78, 5) is 25.6. The minimum absolute atomic E-state index is 0.0101. The van der Waals surface area contributed by atoms with Gasteiger partial charge in [-0.05, 0) is 91.2 Å². The lowest BCUT2D eigenvalue weighted by Gasteiger charge is -2.22. The van der Waals surface area contributed by atoms with Crippen LogP contribution in [-0.2, 0) is 0 Å². The number of nitrogens with zero attached hydrogens (tertiary/aromatic N) is 4. The Bertz CT molecular complexity index is 3280. The van der Waals surface area contributed by atoms with E-state index in [0.29, 0.717) is 50.4 Å². The topological polar surface area (TPSA) is 165 Å². The fourth-order valence-corrected chi connectivity index (χ4v) is 7.24. The van der Waals surface area contributed by atoms with Crippen molar-refractivity contribution in [1.29, 1.82) is 0 Å². The Balaban J connectivity index is 1.06. The average molecular weight is 837 g/mol. The Hall–Kier alpha value is -7.56. The monoisotopic (exact) mass is 836 g/mol. The first kappa shape index (κ1) is 38.0. The summed E-state index contributed by atoms with van der Waals surface area (Å²) < 4.78 is 37.0. The third kappa shape index (κ3) is 7.47. The highest BCUT2D eigenvalue weighted by Crippen LogP contribution is 2.32. The predicted molar refractivity (Wildman–Crippen MR) is 230 cm³/mol. The van der Waals surface area contributed by atoms with Crippen molar-refractivity contribution in [3.63, 3.8) is 0 Å². The number of fused-ring (bicyclic) bond motifs is 2. The molecule has 14 nitrogen and oxygen atoms in total. The highest BCUT2D eigenvalue weighted by molar-refractivity contribution is 7.71. The van der Waals surface area contributed by atoms with Gasteiger partial charge in [-0.3, -0.25) is 0 Å². The van der Waals surface area contributed by atoms with Crippen LogP contribution in [0.2, 0.25) is 0 Å². The first-order valence-electron chi connectivity index (χ1n) is 18.4. The van der Waals surface area contributed by atoms with Gasteiger partial charge in [-0.15, -0.1) is 10.2 Å². The van der Waals surface area contributed by atoms with E-state index in [1.54, 1.807) is 44.6 Å². The number of hydrogen-bond acceptors (Lipinski definition) is 14. The molecule has 0 saturated heterocycles. The molecule has 4 heterocycles. The summed E-state index contributed by atoms with van der Waals surface area (Å²) in [6.45, 7) is 0. The number of hydrogen-bond donors (Lipinski definition) is 2. The summed E-state index contributed by atoms with van der Waals surface area (Å²) in [7, 11) is 3.17. The normalized spacial score (nSPS) is 12.3. The van der Waals surface area contributed by atoms with Crippen LogP contribution in [0.1, 0.15) is 23.5 Å². The van der Waals surface area contributed by atoms with Crippen molar-refractivity contribution in [2.75, 3.05) is 24.9 Å². The van der Waals surface area contributed by atoms with Crippen LogP contribution < -0.4 is 31.4 Å². The molecule has 2 atom stereocenters. The molecule has 0 bridgehead atoms. The number of aromatic nitrogens is 4. The van der Waals surface area contributed by atoms with Gasteiger partial charge in [0, 0.05) is 39.3 Å². The molecule has 5 aromatic carbocycles. The van der Waals surface area contributed by atoms with Crippen molar-refractivity contribution < 1.29 is 27.1 Å². The van der Waals surface area contributed by atoms with Gasteiger partial charge in [0.1, 0.15) is 28.2 Å². The van der Waals surface area contributed by atoms with E-state index < -0.39 is 23.6 Å². The molecule has 9 aromatic rings. The maximum absolute atomic E-state index is 13.0. The van der Waals surface area contributed by atoms with E-state index in [9.17, 15) is 9.59 Å². The van der Waals surface area contributed by atoms with Gasteiger partial charge in [0.15, 0.2) is 12.3 Å². The molecular weight excluding hydrogens is 805 g/mol. The number of rotatable bonds is 12. The van der Waals surface area contributed by atoms with Crippen LogP contribution in [-0.4, -0.2) is 33.8 Å². The fraction of sp³-hybridized carbons (Fsp3) is 0.0909. The summed E-state index contributed by atoms with van der Waals surface area (Å²) in [5, 5.41) is 17.8. The average Bonchev–Trinajstić information content (AvgIpc) is 3.86. The van der Waals surface area contributed by atoms with Gasteiger partial charge in [0.05, 0.1) is 19.8 Å². The largest absolute Gasteiger partial charge is 0.497 e. The summed E-state index contributed by atoms with van der Waals surface area (Å²) in [6, 6.07) is 39.7. The Kier molecular flexibility index (Phi) is 10.1. The van der Waals surface area contributed by atoms with Crippen molar-refractivity contribution in [1.82, 2.24) is 19.6 Å². The number of benzene rings is 5. The molecule has 9 rings (SSSR count). The summed E-state index contributed by atoms with van der Waals surface area (Å²) in [6.07, 6.45) is -1.39. The molecule has 0 aliphatic rings. The predicted octanol–water partition coefficient (Wildman–Crippen LogP) is 9.61. The van der Waals surface area contributed by atoms with Crippen molar-refractivity contribution in [3.05, 3.63) is 175 Å². The van der Waals surface area contributed by atoms with E-state index in [1.807, 2.05) is 97.1 Å². The number of anilines is 2. The second-order valence-corrected chi connectivity index (χ2v) is 14.1. The molecule has 0 spiro atoms. The maximum atomic E-state index is 13.0. The summed E-state index contributed by atoms with van der Waals surface area (Å²) >= 11 is 11.4. The number of methoxy groups -OCH3 is 2. The summed E-state index contributed by atoms with van der Waals surface area (Å²) in [5.74, 6) is 1.40. The van der Waals surface area contributed by atoms with E-state index in [-0.39, 0.29) is 27.0 Å². The minimum atomic E-state index is -0.704. The number of para-hydroxylation sites is 2. The maximum Gasteiger partial charge on any atom is 0.349 e. The second-order valence-electron chi connectivity index (χ2n) is 13.4.